The molecule has 0 spiro atoms. The van der Waals surface area contributed by atoms with Gasteiger partial charge in [-0.3, -0.25) is 4.79 Å². The second-order valence-corrected chi connectivity index (χ2v) is 7.72. The molecular formula is C14H15ClN2O4S. The lowest BCUT2D eigenvalue weighted by Crippen LogP contribution is -2.35. The van der Waals surface area contributed by atoms with Crippen molar-refractivity contribution in [2.45, 2.75) is 29.1 Å². The van der Waals surface area contributed by atoms with Gasteiger partial charge >= 0.3 is 0 Å². The van der Waals surface area contributed by atoms with E-state index in [1.807, 2.05) is 0 Å². The molecule has 8 heteroatoms. The Morgan fingerprint density at radius 2 is 2.09 bits per heavy atom. The normalized spacial score (nSPS) is 24.7. The van der Waals surface area contributed by atoms with Gasteiger partial charge in [0.1, 0.15) is 6.54 Å². The molecule has 6 nitrogen and oxygen atoms in total. The van der Waals surface area contributed by atoms with E-state index in [-0.39, 0.29) is 29.3 Å². The molecule has 1 aliphatic rings. The number of carbonyl (C=O) groups is 1. The van der Waals surface area contributed by atoms with Crippen LogP contribution in [0.25, 0.3) is 0 Å². The van der Waals surface area contributed by atoms with E-state index < -0.39 is 33.0 Å². The minimum absolute atomic E-state index is 0.00594. The molecule has 118 valence electrons. The third-order valence-corrected chi connectivity index (χ3v) is 6.42. The monoisotopic (exact) mass is 342 g/mol. The molecule has 2 N–H and O–H groups in total. The topological polar surface area (TPSA) is 107 Å². The number of hydrogen-bond donors (Lipinski definition) is 2. The molecule has 22 heavy (non-hydrogen) atoms. The molecule has 1 aromatic rings. The van der Waals surface area contributed by atoms with Crippen LogP contribution in [0, 0.1) is 17.2 Å². The predicted octanol–water partition coefficient (Wildman–Crippen LogP) is 0.893. The van der Waals surface area contributed by atoms with E-state index in [2.05, 4.69) is 5.32 Å². The molecule has 2 rings (SSSR count). The number of hydrogen-bond acceptors (Lipinski definition) is 5. The number of rotatable bonds is 4. The highest BCUT2D eigenvalue weighted by Crippen LogP contribution is 2.36. The fraction of sp³-hybridized carbons (Fsp3) is 0.429. The minimum atomic E-state index is -3.73. The lowest BCUT2D eigenvalue weighted by atomic mass is 10.1. The molecular weight excluding hydrogens is 328 g/mol. The van der Waals surface area contributed by atoms with Crippen molar-refractivity contribution in [1.82, 2.24) is 5.32 Å². The van der Waals surface area contributed by atoms with Crippen molar-refractivity contribution in [1.29, 1.82) is 5.26 Å². The van der Waals surface area contributed by atoms with Crippen molar-refractivity contribution in [3.63, 3.8) is 0 Å². The number of halogens is 1. The van der Waals surface area contributed by atoms with Crippen LogP contribution in [0.1, 0.15) is 12.8 Å². The Morgan fingerprint density at radius 1 is 1.41 bits per heavy atom. The van der Waals surface area contributed by atoms with Crippen LogP contribution in [0.4, 0.5) is 0 Å². The Bertz CT molecular complexity index is 714. The maximum atomic E-state index is 12.6. The summed E-state index contributed by atoms with van der Waals surface area (Å²) in [7, 11) is -3.73. The highest BCUT2D eigenvalue weighted by Gasteiger charge is 2.44. The Morgan fingerprint density at radius 3 is 2.73 bits per heavy atom. The van der Waals surface area contributed by atoms with Crippen LogP contribution >= 0.6 is 11.6 Å². The average Bonchev–Trinajstić information content (AvgIpc) is 2.88. The zero-order chi connectivity index (χ0) is 16.3. The van der Waals surface area contributed by atoms with Gasteiger partial charge in [-0.1, -0.05) is 23.7 Å². The smallest absolute Gasteiger partial charge is 0.226 e. The number of nitrogens with one attached hydrogen (secondary N) is 1. The van der Waals surface area contributed by atoms with Crippen LogP contribution in [0.3, 0.4) is 0 Å². The van der Waals surface area contributed by atoms with Gasteiger partial charge in [0.05, 0.1) is 33.3 Å². The van der Waals surface area contributed by atoms with Gasteiger partial charge in [-0.25, -0.2) is 8.42 Å². The SMILES string of the molecule is N#CCNC(=O)[C@@H]1C[C@@H](S(=O)(=O)c2ccccc2Cl)C[C@H]1O. The summed E-state index contributed by atoms with van der Waals surface area (Å²) in [4.78, 5) is 11.9. The van der Waals surface area contributed by atoms with Crippen molar-refractivity contribution in [3.8, 4) is 6.07 Å². The molecule has 0 unspecified atom stereocenters. The van der Waals surface area contributed by atoms with E-state index >= 15 is 0 Å². The number of nitriles is 1. The first-order valence-electron chi connectivity index (χ1n) is 6.69. The van der Waals surface area contributed by atoms with Crippen LogP contribution in [0.15, 0.2) is 29.2 Å². The number of benzene rings is 1. The Hall–Kier alpha value is -1.62. The van der Waals surface area contributed by atoms with Gasteiger partial charge in [-0.2, -0.15) is 5.26 Å². The van der Waals surface area contributed by atoms with Gasteiger partial charge in [-0.05, 0) is 25.0 Å². The first-order chi connectivity index (χ1) is 10.4. The average molecular weight is 343 g/mol. The summed E-state index contributed by atoms with van der Waals surface area (Å²) in [5.41, 5.74) is 0. The molecule has 1 aliphatic carbocycles. The summed E-state index contributed by atoms with van der Waals surface area (Å²) in [5.74, 6) is -1.35. The van der Waals surface area contributed by atoms with E-state index in [0.29, 0.717) is 0 Å². The summed E-state index contributed by atoms with van der Waals surface area (Å²) >= 11 is 5.93. The Kier molecular flexibility index (Phi) is 5.06. The van der Waals surface area contributed by atoms with E-state index in [4.69, 9.17) is 16.9 Å². The first kappa shape index (κ1) is 16.7. The highest BCUT2D eigenvalue weighted by molar-refractivity contribution is 7.92. The van der Waals surface area contributed by atoms with E-state index in [0.717, 1.165) is 0 Å². The number of aliphatic hydroxyl groups excluding tert-OH is 1. The Balaban J connectivity index is 2.20. The van der Waals surface area contributed by atoms with Gasteiger partial charge in [0.25, 0.3) is 0 Å². The van der Waals surface area contributed by atoms with Crippen molar-refractivity contribution in [2.24, 2.45) is 5.92 Å². The molecule has 0 saturated heterocycles. The number of aliphatic hydroxyl groups is 1. The third-order valence-electron chi connectivity index (χ3n) is 3.75. The quantitative estimate of drug-likeness (QED) is 0.790. The molecule has 0 radical (unpaired) electrons. The Labute approximate surface area is 133 Å². The van der Waals surface area contributed by atoms with Crippen molar-refractivity contribution in [3.05, 3.63) is 29.3 Å². The third kappa shape index (κ3) is 3.24. The lowest BCUT2D eigenvalue weighted by molar-refractivity contribution is -0.127. The van der Waals surface area contributed by atoms with Crippen LogP contribution in [0.2, 0.25) is 5.02 Å². The van der Waals surface area contributed by atoms with Crippen LogP contribution in [-0.2, 0) is 14.6 Å². The molecule has 0 heterocycles. The second kappa shape index (κ2) is 6.65. The van der Waals surface area contributed by atoms with Crippen LogP contribution in [0.5, 0.6) is 0 Å². The maximum absolute atomic E-state index is 12.6. The predicted molar refractivity (Wildman–Crippen MR) is 79.8 cm³/mol. The number of sulfone groups is 1. The molecule has 3 atom stereocenters. The van der Waals surface area contributed by atoms with Gasteiger partial charge in [0, 0.05) is 0 Å². The fourth-order valence-corrected chi connectivity index (χ4v) is 4.95. The van der Waals surface area contributed by atoms with E-state index in [9.17, 15) is 18.3 Å². The molecule has 0 aromatic heterocycles. The van der Waals surface area contributed by atoms with Gasteiger partial charge in [-0.15, -0.1) is 0 Å². The summed E-state index contributed by atoms with van der Waals surface area (Å²) in [5, 5.41) is 20.0. The van der Waals surface area contributed by atoms with Crippen molar-refractivity contribution >= 4 is 27.3 Å². The molecule has 1 fully saturated rings. The van der Waals surface area contributed by atoms with Gasteiger partial charge < -0.3 is 10.4 Å². The van der Waals surface area contributed by atoms with E-state index in [1.165, 1.54) is 12.1 Å². The minimum Gasteiger partial charge on any atom is -0.392 e. The first-order valence-corrected chi connectivity index (χ1v) is 8.61. The van der Waals surface area contributed by atoms with Gasteiger partial charge in [0.2, 0.25) is 5.91 Å². The standard InChI is InChI=1S/C14H15ClN2O4S/c15-11-3-1-2-4-13(11)22(20,21)9-7-10(12(18)8-9)14(19)17-6-5-16/h1-4,9-10,12,18H,6-8H2,(H,17,19)/t9-,10-,12-/m1/s1. The second-order valence-electron chi connectivity index (χ2n) is 5.12. The summed E-state index contributed by atoms with van der Waals surface area (Å²) in [6.07, 6.45) is -1.08. The van der Waals surface area contributed by atoms with Crippen molar-refractivity contribution in [2.75, 3.05) is 6.54 Å². The largest absolute Gasteiger partial charge is 0.392 e. The number of carbonyl (C=O) groups excluding carboxylic acids is 1. The van der Waals surface area contributed by atoms with Crippen LogP contribution < -0.4 is 5.32 Å². The molecule has 1 saturated carbocycles. The lowest BCUT2D eigenvalue weighted by Gasteiger charge is -2.13. The zero-order valence-corrected chi connectivity index (χ0v) is 13.1. The highest BCUT2D eigenvalue weighted by atomic mass is 35.5. The number of amides is 1. The molecule has 0 aliphatic heterocycles. The van der Waals surface area contributed by atoms with Gasteiger partial charge in [0.15, 0.2) is 9.84 Å². The summed E-state index contributed by atoms with van der Waals surface area (Å²) in [6, 6.07) is 7.85. The maximum Gasteiger partial charge on any atom is 0.226 e. The van der Waals surface area contributed by atoms with Crippen molar-refractivity contribution < 1.29 is 18.3 Å². The fourth-order valence-electron chi connectivity index (χ4n) is 2.62. The van der Waals surface area contributed by atoms with Crippen LogP contribution in [-0.4, -0.2) is 37.3 Å². The molecule has 1 amide bonds. The van der Waals surface area contributed by atoms with E-state index in [1.54, 1.807) is 18.2 Å². The molecule has 1 aromatic carbocycles. The number of nitrogens with zero attached hydrogens (tertiary/aromatic N) is 1. The molecule has 0 bridgehead atoms. The summed E-state index contributed by atoms with van der Waals surface area (Å²) in [6.45, 7) is -0.177. The zero-order valence-electron chi connectivity index (χ0n) is 11.6. The summed E-state index contributed by atoms with van der Waals surface area (Å²) < 4.78 is 25.2.